The van der Waals surface area contributed by atoms with Crippen LogP contribution in [0.4, 0.5) is 18.3 Å². The number of halogens is 4. The third-order valence-electron chi connectivity index (χ3n) is 3.47. The second kappa shape index (κ2) is 5.20. The van der Waals surface area contributed by atoms with Crippen LogP contribution in [0.5, 0.6) is 0 Å². The first-order valence-corrected chi connectivity index (χ1v) is 7.49. The Morgan fingerprint density at radius 3 is 2.36 bits per heavy atom. The molecule has 1 heterocycles. The smallest absolute Gasteiger partial charge is 0.300 e. The van der Waals surface area contributed by atoms with E-state index in [1.165, 1.54) is 0 Å². The molecule has 0 radical (unpaired) electrons. The monoisotopic (exact) mass is 347 g/mol. The predicted molar refractivity (Wildman–Crippen MR) is 75.9 cm³/mol. The summed E-state index contributed by atoms with van der Waals surface area (Å²) in [6.45, 7) is 0. The van der Waals surface area contributed by atoms with E-state index in [1.807, 2.05) is 0 Å². The minimum Gasteiger partial charge on any atom is -0.300 e. The van der Waals surface area contributed by atoms with E-state index in [4.69, 9.17) is 11.6 Å². The second-order valence-corrected chi connectivity index (χ2v) is 6.37. The maximum atomic E-state index is 12.5. The maximum absolute atomic E-state index is 12.5. The Balaban J connectivity index is 1.77. The van der Waals surface area contributed by atoms with Gasteiger partial charge in [-0.2, -0.15) is 13.2 Å². The van der Waals surface area contributed by atoms with Gasteiger partial charge >= 0.3 is 6.18 Å². The molecular formula is C13H9ClF3N3OS. The summed E-state index contributed by atoms with van der Waals surface area (Å²) in [7, 11) is 0. The molecule has 0 saturated heterocycles. The van der Waals surface area contributed by atoms with Crippen molar-refractivity contribution in [2.24, 2.45) is 0 Å². The van der Waals surface area contributed by atoms with Gasteiger partial charge < -0.3 is 0 Å². The highest BCUT2D eigenvalue weighted by Crippen LogP contribution is 2.49. The van der Waals surface area contributed by atoms with Gasteiger partial charge in [-0.3, -0.25) is 10.1 Å². The van der Waals surface area contributed by atoms with E-state index >= 15 is 0 Å². The Kier molecular flexibility index (Phi) is 3.60. The van der Waals surface area contributed by atoms with Gasteiger partial charge in [0.05, 0.1) is 5.41 Å². The van der Waals surface area contributed by atoms with Gasteiger partial charge in [0.25, 0.3) is 0 Å². The molecule has 1 aliphatic rings. The van der Waals surface area contributed by atoms with E-state index in [0.29, 0.717) is 29.2 Å². The molecule has 0 aliphatic heterocycles. The normalized spacial score (nSPS) is 16.4. The molecule has 1 aromatic heterocycles. The predicted octanol–water partition coefficient (Wildman–Crippen LogP) is 3.88. The molecule has 0 spiro atoms. The number of rotatable bonds is 3. The lowest BCUT2D eigenvalue weighted by molar-refractivity contribution is -0.138. The third kappa shape index (κ3) is 2.80. The number of benzene rings is 1. The fraction of sp³-hybridized carbons (Fsp3) is 0.308. The Labute approximate surface area is 132 Å². The van der Waals surface area contributed by atoms with Crippen LogP contribution in [0.25, 0.3) is 0 Å². The largest absolute Gasteiger partial charge is 0.445 e. The van der Waals surface area contributed by atoms with Crippen molar-refractivity contribution in [1.29, 1.82) is 0 Å². The van der Waals surface area contributed by atoms with Gasteiger partial charge in [-0.05, 0) is 30.5 Å². The summed E-state index contributed by atoms with van der Waals surface area (Å²) in [4.78, 5) is 12.4. The van der Waals surface area contributed by atoms with Crippen LogP contribution in [0.1, 0.15) is 23.4 Å². The van der Waals surface area contributed by atoms with E-state index in [9.17, 15) is 18.0 Å². The Bertz CT molecular complexity index is 710. The molecular weight excluding hydrogens is 339 g/mol. The van der Waals surface area contributed by atoms with Crippen molar-refractivity contribution in [1.82, 2.24) is 10.2 Å². The summed E-state index contributed by atoms with van der Waals surface area (Å²) in [6.07, 6.45) is -3.30. The van der Waals surface area contributed by atoms with Crippen LogP contribution in [0.2, 0.25) is 5.02 Å². The number of nitrogens with one attached hydrogen (secondary N) is 1. The first-order valence-electron chi connectivity index (χ1n) is 6.29. The zero-order valence-corrected chi connectivity index (χ0v) is 12.5. The van der Waals surface area contributed by atoms with Gasteiger partial charge in [-0.15, -0.1) is 10.2 Å². The lowest BCUT2D eigenvalue weighted by Crippen LogP contribution is -2.27. The molecule has 2 aromatic rings. The van der Waals surface area contributed by atoms with Gasteiger partial charge in [0.2, 0.25) is 16.0 Å². The first kappa shape index (κ1) is 15.2. The van der Waals surface area contributed by atoms with Crippen molar-refractivity contribution in [2.75, 3.05) is 5.32 Å². The standard InChI is InChI=1S/C13H9ClF3N3OS/c14-8-3-1-7(2-4-8)12(5-6-12)9(21)18-11-20-19-10(22-11)13(15,16)17/h1-4H,5-6H2,(H,18,20,21). The molecule has 0 atom stereocenters. The lowest BCUT2D eigenvalue weighted by Gasteiger charge is -2.14. The summed E-state index contributed by atoms with van der Waals surface area (Å²) in [6, 6.07) is 6.85. The summed E-state index contributed by atoms with van der Waals surface area (Å²) < 4.78 is 37.4. The Morgan fingerprint density at radius 2 is 1.86 bits per heavy atom. The number of carbonyl (C=O) groups excluding carboxylic acids is 1. The summed E-state index contributed by atoms with van der Waals surface area (Å²) in [5.41, 5.74) is 0.0734. The molecule has 1 saturated carbocycles. The fourth-order valence-corrected chi connectivity index (χ4v) is 2.88. The number of hydrogen-bond acceptors (Lipinski definition) is 4. The number of nitrogens with zero attached hydrogens (tertiary/aromatic N) is 2. The molecule has 9 heteroatoms. The zero-order chi connectivity index (χ0) is 16.0. The highest BCUT2D eigenvalue weighted by atomic mass is 35.5. The van der Waals surface area contributed by atoms with E-state index in [1.54, 1.807) is 24.3 Å². The van der Waals surface area contributed by atoms with Gasteiger partial charge in [-0.25, -0.2) is 0 Å². The van der Waals surface area contributed by atoms with Gasteiger partial charge in [0.1, 0.15) is 0 Å². The number of anilines is 1. The van der Waals surface area contributed by atoms with Crippen molar-refractivity contribution < 1.29 is 18.0 Å². The molecule has 1 aliphatic carbocycles. The average Bonchev–Trinajstić information content (AvgIpc) is 3.12. The molecule has 1 amide bonds. The molecule has 0 bridgehead atoms. The number of aromatic nitrogens is 2. The number of carbonyl (C=O) groups is 1. The number of amides is 1. The van der Waals surface area contributed by atoms with Crippen LogP contribution in [0.15, 0.2) is 24.3 Å². The summed E-state index contributed by atoms with van der Waals surface area (Å²) >= 11 is 6.12. The molecule has 4 nitrogen and oxygen atoms in total. The van der Waals surface area contributed by atoms with Crippen molar-refractivity contribution in [2.45, 2.75) is 24.4 Å². The third-order valence-corrected chi connectivity index (χ3v) is 4.60. The molecule has 116 valence electrons. The van der Waals surface area contributed by atoms with Gasteiger partial charge in [-0.1, -0.05) is 35.1 Å². The SMILES string of the molecule is O=C(Nc1nnc(C(F)(F)F)s1)C1(c2ccc(Cl)cc2)CC1. The van der Waals surface area contributed by atoms with E-state index in [2.05, 4.69) is 15.5 Å². The molecule has 1 aromatic carbocycles. The average molecular weight is 348 g/mol. The Morgan fingerprint density at radius 1 is 1.23 bits per heavy atom. The number of alkyl halides is 3. The van der Waals surface area contributed by atoms with Crippen molar-refractivity contribution in [3.8, 4) is 0 Å². The van der Waals surface area contributed by atoms with Crippen LogP contribution in [-0.2, 0) is 16.4 Å². The topological polar surface area (TPSA) is 54.9 Å². The zero-order valence-electron chi connectivity index (χ0n) is 10.9. The summed E-state index contributed by atoms with van der Waals surface area (Å²) in [5, 5.41) is 8.14. The van der Waals surface area contributed by atoms with Crippen LogP contribution in [0, 0.1) is 0 Å². The molecule has 22 heavy (non-hydrogen) atoms. The van der Waals surface area contributed by atoms with Gasteiger partial charge in [0, 0.05) is 5.02 Å². The van der Waals surface area contributed by atoms with Crippen molar-refractivity contribution in [3.05, 3.63) is 39.9 Å². The minimum absolute atomic E-state index is 0.155. The minimum atomic E-state index is -4.56. The fourth-order valence-electron chi connectivity index (χ4n) is 2.15. The van der Waals surface area contributed by atoms with Crippen molar-refractivity contribution >= 4 is 34.0 Å². The molecule has 1 fully saturated rings. The molecule has 0 unspecified atom stereocenters. The summed E-state index contributed by atoms with van der Waals surface area (Å²) in [5.74, 6) is -0.375. The maximum Gasteiger partial charge on any atom is 0.445 e. The number of hydrogen-bond donors (Lipinski definition) is 1. The van der Waals surface area contributed by atoms with E-state index in [-0.39, 0.29) is 11.0 Å². The molecule has 3 rings (SSSR count). The van der Waals surface area contributed by atoms with Gasteiger partial charge in [0.15, 0.2) is 0 Å². The highest BCUT2D eigenvalue weighted by molar-refractivity contribution is 7.15. The Hall–Kier alpha value is -1.67. The highest BCUT2D eigenvalue weighted by Gasteiger charge is 2.51. The first-order chi connectivity index (χ1) is 10.3. The van der Waals surface area contributed by atoms with Crippen LogP contribution in [-0.4, -0.2) is 16.1 Å². The van der Waals surface area contributed by atoms with E-state index in [0.717, 1.165) is 5.56 Å². The van der Waals surface area contributed by atoms with Crippen LogP contribution < -0.4 is 5.32 Å². The van der Waals surface area contributed by atoms with Crippen molar-refractivity contribution in [3.63, 3.8) is 0 Å². The molecule has 1 N–H and O–H groups in total. The van der Waals surface area contributed by atoms with E-state index < -0.39 is 16.6 Å². The van der Waals surface area contributed by atoms with Crippen LogP contribution >= 0.6 is 22.9 Å². The van der Waals surface area contributed by atoms with Crippen LogP contribution in [0.3, 0.4) is 0 Å². The second-order valence-electron chi connectivity index (χ2n) is 4.95. The lowest BCUT2D eigenvalue weighted by atomic mass is 9.95. The quantitative estimate of drug-likeness (QED) is 0.916.